The Bertz CT molecular complexity index is 29.2. The van der Waals surface area contributed by atoms with E-state index in [2.05, 4.69) is 6.92 Å². The van der Waals surface area contributed by atoms with Crippen LogP contribution in [0.2, 0.25) is 0 Å². The van der Waals surface area contributed by atoms with Crippen molar-refractivity contribution in [3.8, 4) is 0 Å². The predicted molar refractivity (Wildman–Crippen MR) is 37.1 cm³/mol. The van der Waals surface area contributed by atoms with Crippen molar-refractivity contribution >= 4 is 0 Å². The fourth-order valence-corrected chi connectivity index (χ4v) is 0.333. The molecular formula is C4H18N4. The van der Waals surface area contributed by atoms with Crippen molar-refractivity contribution in [1.29, 1.82) is 0 Å². The number of hydrogen-bond donors (Lipinski definition) is 4. The molecule has 0 aromatic carbocycles. The van der Waals surface area contributed by atoms with Gasteiger partial charge in [0.1, 0.15) is 0 Å². The fourth-order valence-electron chi connectivity index (χ4n) is 0.333. The van der Waals surface area contributed by atoms with Crippen molar-refractivity contribution in [2.24, 2.45) is 11.5 Å². The van der Waals surface area contributed by atoms with Crippen LogP contribution in [0.5, 0.6) is 0 Å². The van der Waals surface area contributed by atoms with E-state index in [4.69, 9.17) is 11.5 Å². The Morgan fingerprint density at radius 3 is 1.62 bits per heavy atom. The van der Waals surface area contributed by atoms with Gasteiger partial charge < -0.3 is 23.8 Å². The lowest BCUT2D eigenvalue weighted by molar-refractivity contribution is 0.627. The number of rotatable bonds is 2. The average molecular weight is 122 g/mol. The quantitative estimate of drug-likeness (QED) is 0.395. The van der Waals surface area contributed by atoms with Gasteiger partial charge in [-0.05, 0) is 6.42 Å². The van der Waals surface area contributed by atoms with E-state index in [1.165, 1.54) is 0 Å². The minimum Gasteiger partial charge on any atom is -0.344 e. The SMILES string of the molecule is CCCC(N)N.N.N. The van der Waals surface area contributed by atoms with E-state index >= 15 is 0 Å². The summed E-state index contributed by atoms with van der Waals surface area (Å²) in [5.41, 5.74) is 10.4. The van der Waals surface area contributed by atoms with Crippen LogP contribution in [0.3, 0.4) is 0 Å². The van der Waals surface area contributed by atoms with Gasteiger partial charge in [-0.15, -0.1) is 0 Å². The third kappa shape index (κ3) is 17.0. The first-order chi connectivity index (χ1) is 2.77. The summed E-state index contributed by atoms with van der Waals surface area (Å²) in [6, 6.07) is 0. The molecule has 0 aromatic heterocycles. The first-order valence-corrected chi connectivity index (χ1v) is 2.28. The summed E-state index contributed by atoms with van der Waals surface area (Å²) in [7, 11) is 0. The lowest BCUT2D eigenvalue weighted by Gasteiger charge is -1.97. The van der Waals surface area contributed by atoms with Crippen LogP contribution in [0.15, 0.2) is 0 Å². The van der Waals surface area contributed by atoms with Crippen molar-refractivity contribution in [1.82, 2.24) is 12.3 Å². The lowest BCUT2D eigenvalue weighted by Crippen LogP contribution is -2.29. The van der Waals surface area contributed by atoms with Crippen molar-refractivity contribution in [3.63, 3.8) is 0 Å². The highest BCUT2D eigenvalue weighted by atomic mass is 14.8. The molecule has 0 bridgehead atoms. The van der Waals surface area contributed by atoms with Gasteiger partial charge in [-0.2, -0.15) is 0 Å². The van der Waals surface area contributed by atoms with Crippen LogP contribution in [0.25, 0.3) is 0 Å². The molecule has 54 valence electrons. The summed E-state index contributed by atoms with van der Waals surface area (Å²) in [6.07, 6.45) is 1.91. The second-order valence-corrected chi connectivity index (χ2v) is 1.45. The summed E-state index contributed by atoms with van der Waals surface area (Å²) in [6.45, 7) is 2.06. The molecule has 0 rings (SSSR count). The third-order valence-corrected chi connectivity index (χ3v) is 0.622. The van der Waals surface area contributed by atoms with Crippen molar-refractivity contribution in [2.75, 3.05) is 0 Å². The standard InChI is InChI=1S/C4H12N2.2H3N/c1-2-3-4(5)6;;/h4H,2-3,5-6H2,1H3;2*1H3. The second-order valence-electron chi connectivity index (χ2n) is 1.45. The second kappa shape index (κ2) is 9.96. The van der Waals surface area contributed by atoms with Gasteiger partial charge in [0.05, 0.1) is 6.17 Å². The van der Waals surface area contributed by atoms with Crippen LogP contribution in [0, 0.1) is 0 Å². The van der Waals surface area contributed by atoms with Gasteiger partial charge >= 0.3 is 0 Å². The molecule has 0 aliphatic carbocycles. The number of nitrogens with two attached hydrogens (primary N) is 2. The van der Waals surface area contributed by atoms with Crippen LogP contribution < -0.4 is 23.8 Å². The molecule has 0 aliphatic rings. The fraction of sp³-hybridized carbons (Fsp3) is 1.00. The molecule has 0 aliphatic heterocycles. The monoisotopic (exact) mass is 122 g/mol. The maximum atomic E-state index is 5.18. The molecule has 0 saturated carbocycles. The van der Waals surface area contributed by atoms with Crippen LogP contribution in [-0.4, -0.2) is 6.17 Å². The molecule has 0 aromatic rings. The molecule has 0 fully saturated rings. The summed E-state index contributed by atoms with van der Waals surface area (Å²) in [5.74, 6) is 0. The topological polar surface area (TPSA) is 122 Å². The summed E-state index contributed by atoms with van der Waals surface area (Å²) in [5, 5.41) is 0. The summed E-state index contributed by atoms with van der Waals surface area (Å²) < 4.78 is 0. The van der Waals surface area contributed by atoms with E-state index in [1.54, 1.807) is 0 Å². The van der Waals surface area contributed by atoms with Gasteiger partial charge in [-0.25, -0.2) is 0 Å². The Labute approximate surface area is 50.8 Å². The highest BCUT2D eigenvalue weighted by molar-refractivity contribution is 4.45. The largest absolute Gasteiger partial charge is 0.344 e. The zero-order valence-electron chi connectivity index (χ0n) is 5.56. The van der Waals surface area contributed by atoms with Crippen molar-refractivity contribution in [2.45, 2.75) is 25.9 Å². The van der Waals surface area contributed by atoms with Crippen molar-refractivity contribution in [3.05, 3.63) is 0 Å². The summed E-state index contributed by atoms with van der Waals surface area (Å²) >= 11 is 0. The van der Waals surface area contributed by atoms with Gasteiger partial charge in [0.15, 0.2) is 0 Å². The van der Waals surface area contributed by atoms with E-state index in [-0.39, 0.29) is 18.5 Å². The van der Waals surface area contributed by atoms with Crippen molar-refractivity contribution < 1.29 is 0 Å². The van der Waals surface area contributed by atoms with Gasteiger partial charge in [-0.3, -0.25) is 0 Å². The minimum atomic E-state index is -0.102. The van der Waals surface area contributed by atoms with E-state index in [1.807, 2.05) is 0 Å². The molecule has 0 unspecified atom stereocenters. The molecule has 10 N–H and O–H groups in total. The van der Waals surface area contributed by atoms with E-state index in [9.17, 15) is 0 Å². The molecule has 4 heteroatoms. The highest BCUT2D eigenvalue weighted by Gasteiger charge is 1.85. The first-order valence-electron chi connectivity index (χ1n) is 2.28. The molecule has 0 heterocycles. The van der Waals surface area contributed by atoms with Gasteiger partial charge in [-0.1, -0.05) is 13.3 Å². The lowest BCUT2D eigenvalue weighted by atomic mass is 10.3. The summed E-state index contributed by atoms with van der Waals surface area (Å²) in [4.78, 5) is 0. The van der Waals surface area contributed by atoms with E-state index in [0.717, 1.165) is 12.8 Å². The molecule has 0 atom stereocenters. The first kappa shape index (κ1) is 15.7. The maximum Gasteiger partial charge on any atom is 0.0520 e. The maximum absolute atomic E-state index is 5.18. The Morgan fingerprint density at radius 2 is 1.62 bits per heavy atom. The van der Waals surface area contributed by atoms with E-state index in [0.29, 0.717) is 0 Å². The molecule has 0 saturated heterocycles. The Hall–Kier alpha value is -0.160. The van der Waals surface area contributed by atoms with Crippen LogP contribution >= 0.6 is 0 Å². The molecule has 0 amide bonds. The Kier molecular flexibility index (Phi) is 19.5. The molecule has 0 spiro atoms. The van der Waals surface area contributed by atoms with Crippen LogP contribution in [-0.2, 0) is 0 Å². The predicted octanol–water partition coefficient (Wildman–Crippen LogP) is 0.354. The molecule has 0 radical (unpaired) electrons. The zero-order chi connectivity index (χ0) is 4.99. The smallest absolute Gasteiger partial charge is 0.0520 e. The highest BCUT2D eigenvalue weighted by Crippen LogP contribution is 1.82. The molecule has 8 heavy (non-hydrogen) atoms. The van der Waals surface area contributed by atoms with Crippen LogP contribution in [0.1, 0.15) is 19.8 Å². The minimum absolute atomic E-state index is 0. The normalized spacial score (nSPS) is 7.50. The van der Waals surface area contributed by atoms with Crippen LogP contribution in [0.4, 0.5) is 0 Å². The van der Waals surface area contributed by atoms with Gasteiger partial charge in [0, 0.05) is 0 Å². The van der Waals surface area contributed by atoms with E-state index < -0.39 is 0 Å². The molecule has 4 nitrogen and oxygen atoms in total. The Morgan fingerprint density at radius 1 is 1.25 bits per heavy atom. The molecular weight excluding hydrogens is 104 g/mol. The zero-order valence-corrected chi connectivity index (χ0v) is 5.56. The third-order valence-electron chi connectivity index (χ3n) is 0.622. The van der Waals surface area contributed by atoms with Gasteiger partial charge in [0.2, 0.25) is 0 Å². The number of hydrogen-bond acceptors (Lipinski definition) is 4. The Balaban J connectivity index is -0.000000125. The average Bonchev–Trinajstić information content (AvgIpc) is 1.35. The van der Waals surface area contributed by atoms with Gasteiger partial charge in [0.25, 0.3) is 0 Å².